The minimum atomic E-state index is -0.0386. The van der Waals surface area contributed by atoms with Crippen molar-refractivity contribution in [3.05, 3.63) is 89.2 Å². The van der Waals surface area contributed by atoms with E-state index in [-0.39, 0.29) is 16.2 Å². The number of fused-ring (bicyclic) bond motifs is 5. The maximum absolute atomic E-state index is 2.54. The summed E-state index contributed by atoms with van der Waals surface area (Å²) in [5.41, 5.74) is 7.25. The number of hydrogen-bond acceptors (Lipinski definition) is 1. The highest BCUT2D eigenvalue weighted by molar-refractivity contribution is 6.00. The first-order chi connectivity index (χ1) is 15.0. The van der Waals surface area contributed by atoms with Gasteiger partial charge in [-0.3, -0.25) is 0 Å². The average Bonchev–Trinajstić information content (AvgIpc) is 2.79. The Hall–Kier alpha value is -2.54. The Kier molecular flexibility index (Phi) is 4.48. The zero-order valence-electron chi connectivity index (χ0n) is 21.0. The summed E-state index contributed by atoms with van der Waals surface area (Å²) in [6.07, 6.45) is 14.0. The van der Waals surface area contributed by atoms with Crippen molar-refractivity contribution in [1.82, 2.24) is 0 Å². The normalized spacial score (nSPS) is 25.4. The fourth-order valence-corrected chi connectivity index (χ4v) is 6.10. The van der Waals surface area contributed by atoms with Crippen molar-refractivity contribution in [3.8, 4) is 0 Å². The van der Waals surface area contributed by atoms with Crippen LogP contribution in [0.3, 0.4) is 0 Å². The molecule has 0 aromatic heterocycles. The zero-order valence-corrected chi connectivity index (χ0v) is 21.0. The molecular weight excluding hydrogens is 386 g/mol. The Morgan fingerprint density at radius 2 is 1.50 bits per heavy atom. The molecule has 2 aromatic carbocycles. The van der Waals surface area contributed by atoms with Crippen molar-refractivity contribution in [2.24, 2.45) is 17.3 Å². The number of hydrogen-bond donors (Lipinski definition) is 0. The molecule has 2 unspecified atom stereocenters. The molecule has 0 saturated carbocycles. The van der Waals surface area contributed by atoms with E-state index in [0.717, 1.165) is 0 Å². The Bertz CT molecular complexity index is 1220. The van der Waals surface area contributed by atoms with Crippen LogP contribution in [0.2, 0.25) is 0 Å². The van der Waals surface area contributed by atoms with E-state index in [1.165, 1.54) is 38.9 Å². The quantitative estimate of drug-likeness (QED) is 0.414. The van der Waals surface area contributed by atoms with Crippen molar-refractivity contribution < 1.29 is 0 Å². The van der Waals surface area contributed by atoms with Gasteiger partial charge in [0.15, 0.2) is 0 Å². The summed E-state index contributed by atoms with van der Waals surface area (Å²) in [6, 6.07) is 11.6. The molecule has 32 heavy (non-hydrogen) atoms. The molecule has 0 saturated heterocycles. The molecule has 0 amide bonds. The van der Waals surface area contributed by atoms with Gasteiger partial charge in [0.05, 0.1) is 5.69 Å². The molecule has 3 aliphatic rings. The van der Waals surface area contributed by atoms with Crippen LogP contribution in [0.1, 0.15) is 59.6 Å². The van der Waals surface area contributed by atoms with Gasteiger partial charge in [0.25, 0.3) is 0 Å². The predicted octanol–water partition coefficient (Wildman–Crippen LogP) is 8.07. The molecule has 1 heterocycles. The number of benzene rings is 2. The third-order valence-electron chi connectivity index (χ3n) is 8.68. The second-order valence-corrected chi connectivity index (χ2v) is 12.0. The average molecular weight is 424 g/mol. The Balaban J connectivity index is 1.91. The van der Waals surface area contributed by atoms with Crippen molar-refractivity contribution in [2.45, 2.75) is 59.3 Å². The summed E-state index contributed by atoms with van der Waals surface area (Å²) in [4.78, 5) is 2.54. The van der Waals surface area contributed by atoms with Crippen molar-refractivity contribution in [1.29, 1.82) is 0 Å². The van der Waals surface area contributed by atoms with Gasteiger partial charge in [0, 0.05) is 40.8 Å². The van der Waals surface area contributed by atoms with Gasteiger partial charge in [-0.05, 0) is 27.5 Å². The molecule has 5 rings (SSSR count). The van der Waals surface area contributed by atoms with E-state index in [0.29, 0.717) is 11.8 Å². The molecule has 0 radical (unpaired) electrons. The lowest BCUT2D eigenvalue weighted by atomic mass is 9.58. The van der Waals surface area contributed by atoms with Crippen LogP contribution in [-0.2, 0) is 10.8 Å². The van der Waals surface area contributed by atoms with Gasteiger partial charge < -0.3 is 4.90 Å². The van der Waals surface area contributed by atoms with Gasteiger partial charge in [-0.25, -0.2) is 0 Å². The molecule has 166 valence electrons. The van der Waals surface area contributed by atoms with E-state index >= 15 is 0 Å². The number of anilines is 1. The summed E-state index contributed by atoms with van der Waals surface area (Å²) in [7, 11) is 2.30. The van der Waals surface area contributed by atoms with Gasteiger partial charge in [-0.2, -0.15) is 0 Å². The molecule has 2 aromatic rings. The monoisotopic (exact) mass is 423 g/mol. The third kappa shape index (κ3) is 2.76. The van der Waals surface area contributed by atoms with Crippen LogP contribution in [-0.4, -0.2) is 7.05 Å². The molecule has 0 spiro atoms. The fourth-order valence-electron chi connectivity index (χ4n) is 6.10. The Morgan fingerprint density at radius 1 is 0.844 bits per heavy atom. The van der Waals surface area contributed by atoms with Gasteiger partial charge in [-0.15, -0.1) is 0 Å². The maximum Gasteiger partial charge on any atom is 0.0524 e. The number of rotatable bonds is 0. The summed E-state index contributed by atoms with van der Waals surface area (Å²) in [5.74, 6) is 0.814. The second kappa shape index (κ2) is 6.73. The molecule has 1 heteroatoms. The molecule has 1 nitrogen and oxygen atoms in total. The maximum atomic E-state index is 2.54. The van der Waals surface area contributed by atoms with Gasteiger partial charge in [-0.1, -0.05) is 115 Å². The first kappa shape index (κ1) is 21.3. The Morgan fingerprint density at radius 3 is 2.19 bits per heavy atom. The van der Waals surface area contributed by atoms with E-state index in [4.69, 9.17) is 0 Å². The highest BCUT2D eigenvalue weighted by atomic mass is 15.1. The summed E-state index contributed by atoms with van der Waals surface area (Å²) >= 11 is 0. The number of nitrogens with zero attached hydrogens (tertiary/aromatic N) is 1. The summed E-state index contributed by atoms with van der Waals surface area (Å²) < 4.78 is 0. The van der Waals surface area contributed by atoms with Gasteiger partial charge in [0.2, 0.25) is 0 Å². The largest absolute Gasteiger partial charge is 0.347 e. The Labute approximate surface area is 194 Å². The summed E-state index contributed by atoms with van der Waals surface area (Å²) in [6.45, 7) is 16.8. The van der Waals surface area contributed by atoms with Gasteiger partial charge in [0.1, 0.15) is 0 Å². The third-order valence-corrected chi connectivity index (χ3v) is 8.68. The minimum absolute atomic E-state index is 0.0179. The van der Waals surface area contributed by atoms with Crippen LogP contribution in [0.4, 0.5) is 5.69 Å². The van der Waals surface area contributed by atoms with Crippen LogP contribution in [0, 0.1) is 17.3 Å². The van der Waals surface area contributed by atoms with E-state index < -0.39 is 0 Å². The highest BCUT2D eigenvalue weighted by Crippen LogP contribution is 2.58. The second-order valence-electron chi connectivity index (χ2n) is 12.0. The molecule has 2 aliphatic carbocycles. The van der Waals surface area contributed by atoms with Crippen LogP contribution in [0.25, 0.3) is 10.8 Å². The van der Waals surface area contributed by atoms with E-state index in [2.05, 4.69) is 127 Å². The van der Waals surface area contributed by atoms with Crippen molar-refractivity contribution >= 4 is 16.5 Å². The van der Waals surface area contributed by atoms with Crippen LogP contribution >= 0.6 is 0 Å². The van der Waals surface area contributed by atoms with Crippen LogP contribution < -0.4 is 4.90 Å². The van der Waals surface area contributed by atoms with Crippen LogP contribution in [0.15, 0.2) is 78.1 Å². The zero-order chi connectivity index (χ0) is 23.1. The standard InChI is InChI=1S/C31H37N/c1-29(2,3)25-19-26-28(23-16-12-11-15-22(23)25)32(8)27-21-14-10-9-13-20(21)17-18-24(27)30(4,5)31(26,6)7/h9-21H,1-8H3. The van der Waals surface area contributed by atoms with E-state index in [1.807, 2.05) is 0 Å². The molecule has 1 aliphatic heterocycles. The smallest absolute Gasteiger partial charge is 0.0524 e. The molecule has 0 bridgehead atoms. The molecular formula is C31H37N. The highest BCUT2D eigenvalue weighted by Gasteiger charge is 2.49. The first-order valence-electron chi connectivity index (χ1n) is 12.0. The minimum Gasteiger partial charge on any atom is -0.347 e. The molecule has 0 N–H and O–H groups in total. The predicted molar refractivity (Wildman–Crippen MR) is 139 cm³/mol. The van der Waals surface area contributed by atoms with Gasteiger partial charge >= 0.3 is 0 Å². The first-order valence-corrected chi connectivity index (χ1v) is 12.0. The van der Waals surface area contributed by atoms with Crippen molar-refractivity contribution in [3.63, 3.8) is 0 Å². The lowest BCUT2D eigenvalue weighted by Gasteiger charge is -2.44. The number of allylic oxidation sites excluding steroid dienone is 7. The van der Waals surface area contributed by atoms with Crippen molar-refractivity contribution in [2.75, 3.05) is 11.9 Å². The van der Waals surface area contributed by atoms with Crippen LogP contribution in [0.5, 0.6) is 0 Å². The SMILES string of the molecule is CN1C2=C(C=CC3C=CC=CC23)C(C)(C)C(C)(C)c2cc(C(C)(C)C)c3ccccc3c21. The van der Waals surface area contributed by atoms with E-state index in [1.54, 1.807) is 0 Å². The molecule has 0 fully saturated rings. The lowest BCUT2D eigenvalue weighted by Crippen LogP contribution is -2.39. The summed E-state index contributed by atoms with van der Waals surface area (Å²) in [5, 5.41) is 2.75. The fraction of sp³-hybridized carbons (Fsp3) is 0.419. The lowest BCUT2D eigenvalue weighted by molar-refractivity contribution is 0.253. The molecule has 2 atom stereocenters. The van der Waals surface area contributed by atoms with E-state index in [9.17, 15) is 0 Å². The topological polar surface area (TPSA) is 3.24 Å².